The zero-order valence-corrected chi connectivity index (χ0v) is 11.4. The van der Waals surface area contributed by atoms with Crippen LogP contribution in [0.25, 0.3) is 0 Å². The summed E-state index contributed by atoms with van der Waals surface area (Å²) in [5.41, 5.74) is 0. The standard InChI is InChI=1S/C12H11BrF3NO2/c13-9-3-1-2-4-10(9)19-8-5-6-17(7-8)11(18)12(14,15)16/h1-4,8H,5-7H2/t8-/m0/s1. The topological polar surface area (TPSA) is 29.5 Å². The van der Waals surface area contributed by atoms with E-state index in [1.165, 1.54) is 0 Å². The van der Waals surface area contributed by atoms with Crippen molar-refractivity contribution in [3.8, 4) is 5.75 Å². The molecule has 0 aliphatic carbocycles. The van der Waals surface area contributed by atoms with Crippen LogP contribution in [0.1, 0.15) is 6.42 Å². The van der Waals surface area contributed by atoms with Crippen molar-refractivity contribution in [2.24, 2.45) is 0 Å². The summed E-state index contributed by atoms with van der Waals surface area (Å²) in [7, 11) is 0. The van der Waals surface area contributed by atoms with E-state index in [9.17, 15) is 18.0 Å². The van der Waals surface area contributed by atoms with Crippen molar-refractivity contribution in [3.63, 3.8) is 0 Å². The van der Waals surface area contributed by atoms with Crippen LogP contribution < -0.4 is 4.74 Å². The second kappa shape index (κ2) is 5.40. The SMILES string of the molecule is O=C(N1CC[C@H](Oc2ccccc2Br)C1)C(F)(F)F. The number of alkyl halides is 3. The number of halogens is 4. The number of likely N-dealkylation sites (tertiary alicyclic amines) is 1. The van der Waals surface area contributed by atoms with Crippen LogP contribution in [0.15, 0.2) is 28.7 Å². The number of amides is 1. The molecule has 0 bridgehead atoms. The second-order valence-corrected chi connectivity index (χ2v) is 5.06. The molecule has 0 unspecified atom stereocenters. The van der Waals surface area contributed by atoms with Gasteiger partial charge < -0.3 is 9.64 Å². The molecule has 104 valence electrons. The van der Waals surface area contributed by atoms with Crippen LogP contribution in [-0.4, -0.2) is 36.2 Å². The molecule has 2 rings (SSSR count). The highest BCUT2D eigenvalue weighted by Crippen LogP contribution is 2.28. The van der Waals surface area contributed by atoms with E-state index in [-0.39, 0.29) is 13.1 Å². The molecule has 19 heavy (non-hydrogen) atoms. The second-order valence-electron chi connectivity index (χ2n) is 4.21. The third kappa shape index (κ3) is 3.40. The predicted octanol–water partition coefficient (Wildman–Crippen LogP) is 2.99. The summed E-state index contributed by atoms with van der Waals surface area (Å²) >= 11 is 3.29. The zero-order chi connectivity index (χ0) is 14.0. The Labute approximate surface area is 116 Å². The smallest absolute Gasteiger partial charge is 0.471 e. The normalized spacial score (nSPS) is 19.6. The first kappa shape index (κ1) is 14.2. The molecule has 0 saturated carbocycles. The number of carbonyl (C=O) groups excluding carboxylic acids is 1. The van der Waals surface area contributed by atoms with Crippen molar-refractivity contribution in [2.45, 2.75) is 18.7 Å². The van der Waals surface area contributed by atoms with Gasteiger partial charge in [-0.2, -0.15) is 13.2 Å². The number of rotatable bonds is 2. The van der Waals surface area contributed by atoms with Gasteiger partial charge in [0.2, 0.25) is 0 Å². The number of hydrogen-bond acceptors (Lipinski definition) is 2. The molecule has 0 aromatic heterocycles. The summed E-state index contributed by atoms with van der Waals surface area (Å²) in [6.45, 7) is 0.0210. The molecule has 1 saturated heterocycles. The Morgan fingerprint density at radius 1 is 1.37 bits per heavy atom. The predicted molar refractivity (Wildman–Crippen MR) is 65.8 cm³/mol. The van der Waals surface area contributed by atoms with Gasteiger partial charge in [-0.3, -0.25) is 4.79 Å². The number of ether oxygens (including phenoxy) is 1. The summed E-state index contributed by atoms with van der Waals surface area (Å²) in [6.07, 6.45) is -4.84. The van der Waals surface area contributed by atoms with Crippen LogP contribution in [0.4, 0.5) is 13.2 Å². The summed E-state index contributed by atoms with van der Waals surface area (Å²) < 4.78 is 43.2. The van der Waals surface area contributed by atoms with Gasteiger partial charge in [-0.15, -0.1) is 0 Å². The van der Waals surface area contributed by atoms with Crippen LogP contribution in [0.3, 0.4) is 0 Å². The van der Waals surface area contributed by atoms with E-state index in [0.717, 1.165) is 9.37 Å². The minimum atomic E-state index is -4.82. The van der Waals surface area contributed by atoms with Gasteiger partial charge in [0.1, 0.15) is 11.9 Å². The lowest BCUT2D eigenvalue weighted by atomic mass is 10.3. The van der Waals surface area contributed by atoms with E-state index in [0.29, 0.717) is 12.2 Å². The van der Waals surface area contributed by atoms with E-state index in [4.69, 9.17) is 4.74 Å². The molecule has 0 N–H and O–H groups in total. The fourth-order valence-electron chi connectivity index (χ4n) is 1.91. The van der Waals surface area contributed by atoms with Crippen LogP contribution >= 0.6 is 15.9 Å². The maximum atomic E-state index is 12.3. The van der Waals surface area contributed by atoms with Gasteiger partial charge in [0.05, 0.1) is 11.0 Å². The van der Waals surface area contributed by atoms with E-state index in [2.05, 4.69) is 15.9 Å². The Morgan fingerprint density at radius 3 is 2.68 bits per heavy atom. The van der Waals surface area contributed by atoms with Gasteiger partial charge >= 0.3 is 12.1 Å². The Bertz CT molecular complexity index is 478. The molecule has 1 aliphatic heterocycles. The van der Waals surface area contributed by atoms with Gasteiger partial charge in [0.25, 0.3) is 0 Å². The van der Waals surface area contributed by atoms with Crippen LogP contribution in [-0.2, 0) is 4.79 Å². The largest absolute Gasteiger partial charge is 0.487 e. The first-order valence-corrected chi connectivity index (χ1v) is 6.44. The molecule has 1 aliphatic rings. The van der Waals surface area contributed by atoms with E-state index in [1.54, 1.807) is 18.2 Å². The number of carbonyl (C=O) groups is 1. The van der Waals surface area contributed by atoms with E-state index >= 15 is 0 Å². The average molecular weight is 338 g/mol. The number of hydrogen-bond donors (Lipinski definition) is 0. The highest BCUT2D eigenvalue weighted by molar-refractivity contribution is 9.10. The maximum absolute atomic E-state index is 12.3. The van der Waals surface area contributed by atoms with Crippen molar-refractivity contribution < 1.29 is 22.7 Å². The van der Waals surface area contributed by atoms with Gasteiger partial charge in [-0.25, -0.2) is 0 Å². The molecule has 3 nitrogen and oxygen atoms in total. The van der Waals surface area contributed by atoms with Crippen molar-refractivity contribution in [1.29, 1.82) is 0 Å². The first-order valence-electron chi connectivity index (χ1n) is 5.65. The molecule has 1 aromatic carbocycles. The van der Waals surface area contributed by atoms with Crippen molar-refractivity contribution in [3.05, 3.63) is 28.7 Å². The lowest BCUT2D eigenvalue weighted by molar-refractivity contribution is -0.184. The minimum Gasteiger partial charge on any atom is -0.487 e. The highest BCUT2D eigenvalue weighted by atomic mass is 79.9. The molecule has 1 atom stereocenters. The number of benzene rings is 1. The van der Waals surface area contributed by atoms with Gasteiger partial charge in [0.15, 0.2) is 0 Å². The van der Waals surface area contributed by atoms with Gasteiger partial charge in [-0.1, -0.05) is 12.1 Å². The van der Waals surface area contributed by atoms with Crippen LogP contribution in [0.2, 0.25) is 0 Å². The molecule has 1 aromatic rings. The molecule has 1 fully saturated rings. The zero-order valence-electron chi connectivity index (χ0n) is 9.78. The maximum Gasteiger partial charge on any atom is 0.471 e. The lowest BCUT2D eigenvalue weighted by Gasteiger charge is -2.18. The van der Waals surface area contributed by atoms with Crippen LogP contribution in [0, 0.1) is 0 Å². The third-order valence-corrected chi connectivity index (χ3v) is 3.46. The highest BCUT2D eigenvalue weighted by Gasteiger charge is 2.44. The fraction of sp³-hybridized carbons (Fsp3) is 0.417. The Balaban J connectivity index is 1.96. The van der Waals surface area contributed by atoms with Crippen LogP contribution in [0.5, 0.6) is 5.75 Å². The van der Waals surface area contributed by atoms with Crippen molar-refractivity contribution in [1.82, 2.24) is 4.90 Å². The van der Waals surface area contributed by atoms with Gasteiger partial charge in [-0.05, 0) is 28.1 Å². The van der Waals surface area contributed by atoms with Crippen molar-refractivity contribution >= 4 is 21.8 Å². The summed E-state index contributed by atoms with van der Waals surface area (Å²) in [5.74, 6) is -1.24. The van der Waals surface area contributed by atoms with Crippen molar-refractivity contribution in [2.75, 3.05) is 13.1 Å². The molecule has 1 amide bonds. The summed E-state index contributed by atoms with van der Waals surface area (Å²) in [5, 5.41) is 0. The number of para-hydroxylation sites is 1. The molecule has 0 radical (unpaired) electrons. The molecule has 7 heteroatoms. The Morgan fingerprint density at radius 2 is 2.05 bits per heavy atom. The Hall–Kier alpha value is -1.24. The lowest BCUT2D eigenvalue weighted by Crippen LogP contribution is -2.40. The quantitative estimate of drug-likeness (QED) is 0.830. The molecular weight excluding hydrogens is 327 g/mol. The summed E-state index contributed by atoms with van der Waals surface area (Å²) in [4.78, 5) is 11.8. The van der Waals surface area contributed by atoms with E-state index in [1.807, 2.05) is 6.07 Å². The molecule has 0 spiro atoms. The third-order valence-electron chi connectivity index (χ3n) is 2.81. The molecule has 1 heterocycles. The molecular formula is C12H11BrF3NO2. The minimum absolute atomic E-state index is 0.0420. The first-order chi connectivity index (χ1) is 8.88. The summed E-state index contributed by atoms with van der Waals surface area (Å²) in [6, 6.07) is 7.08. The van der Waals surface area contributed by atoms with E-state index < -0.39 is 18.2 Å². The average Bonchev–Trinajstić information content (AvgIpc) is 2.78. The Kier molecular flexibility index (Phi) is 4.03. The monoisotopic (exact) mass is 337 g/mol. The fourth-order valence-corrected chi connectivity index (χ4v) is 2.29. The van der Waals surface area contributed by atoms with Gasteiger partial charge in [0, 0.05) is 13.0 Å². The number of nitrogens with zero attached hydrogens (tertiary/aromatic N) is 1.